The Morgan fingerprint density at radius 2 is 2.26 bits per heavy atom. The van der Waals surface area contributed by atoms with Crippen molar-refractivity contribution in [1.29, 1.82) is 0 Å². The van der Waals surface area contributed by atoms with E-state index in [2.05, 4.69) is 15.6 Å². The van der Waals surface area contributed by atoms with Crippen molar-refractivity contribution in [1.82, 2.24) is 5.32 Å². The van der Waals surface area contributed by atoms with E-state index < -0.39 is 22.8 Å². The average Bonchev–Trinajstić information content (AvgIpc) is 2.82. The van der Waals surface area contributed by atoms with Crippen molar-refractivity contribution in [3.8, 4) is 0 Å². The third-order valence-corrected chi connectivity index (χ3v) is 4.02. The third kappa shape index (κ3) is 5.00. The zero-order chi connectivity index (χ0) is 16.8. The predicted octanol–water partition coefficient (Wildman–Crippen LogP) is 1.53. The van der Waals surface area contributed by atoms with Gasteiger partial charge in [-0.05, 0) is 12.1 Å². The van der Waals surface area contributed by atoms with Crippen LogP contribution in [0.15, 0.2) is 23.2 Å². The van der Waals surface area contributed by atoms with E-state index in [0.717, 1.165) is 23.9 Å². The molecule has 1 aliphatic heterocycles. The highest BCUT2D eigenvalue weighted by molar-refractivity contribution is 8.15. The summed E-state index contributed by atoms with van der Waals surface area (Å²) in [4.78, 5) is 27.8. The van der Waals surface area contributed by atoms with Crippen molar-refractivity contribution in [3.63, 3.8) is 0 Å². The molecule has 0 aliphatic carbocycles. The molecule has 0 unspecified atom stereocenters. The number of rotatable bonds is 6. The number of nitrogens with one attached hydrogen (secondary N) is 2. The van der Waals surface area contributed by atoms with Crippen molar-refractivity contribution < 1.29 is 23.1 Å². The Hall–Kier alpha value is -2.00. The average molecular weight is 343 g/mol. The molecule has 0 spiro atoms. The number of ether oxygens (including phenoxy) is 1. The second kappa shape index (κ2) is 8.02. The predicted molar refractivity (Wildman–Crippen MR) is 83.3 cm³/mol. The van der Waals surface area contributed by atoms with Crippen LogP contribution in [-0.2, 0) is 14.3 Å². The van der Waals surface area contributed by atoms with Gasteiger partial charge in [0.15, 0.2) is 5.17 Å². The Kier molecular flexibility index (Phi) is 6.05. The van der Waals surface area contributed by atoms with Crippen molar-refractivity contribution in [3.05, 3.63) is 29.8 Å². The highest BCUT2D eigenvalue weighted by atomic mass is 32.2. The summed E-state index contributed by atoms with van der Waals surface area (Å²) in [5, 5.41) is 4.67. The minimum absolute atomic E-state index is 0.131. The van der Waals surface area contributed by atoms with Crippen molar-refractivity contribution in [2.45, 2.75) is 11.7 Å². The first kappa shape index (κ1) is 17.4. The van der Waals surface area contributed by atoms with Gasteiger partial charge in [-0.1, -0.05) is 11.8 Å². The topological polar surface area (TPSA) is 79.8 Å². The summed E-state index contributed by atoms with van der Waals surface area (Å²) in [6.45, 7) is 0.827. The number of amidine groups is 1. The number of amides is 2. The van der Waals surface area contributed by atoms with Crippen LogP contribution in [0, 0.1) is 11.6 Å². The van der Waals surface area contributed by atoms with E-state index in [1.165, 1.54) is 0 Å². The summed E-state index contributed by atoms with van der Waals surface area (Å²) in [5.74, 6) is -2.48. The number of aliphatic imine (C=N–C) groups is 1. The molecule has 9 heteroatoms. The molecule has 2 rings (SSSR count). The molecule has 1 aromatic rings. The van der Waals surface area contributed by atoms with Gasteiger partial charge in [0.25, 0.3) is 0 Å². The molecule has 1 heterocycles. The number of hydrogen-bond donors (Lipinski definition) is 2. The molecule has 2 N–H and O–H groups in total. The zero-order valence-corrected chi connectivity index (χ0v) is 13.1. The first-order valence-corrected chi connectivity index (χ1v) is 7.63. The van der Waals surface area contributed by atoms with Crippen LogP contribution in [0.25, 0.3) is 0 Å². The fraction of sp³-hybridized carbons (Fsp3) is 0.357. The van der Waals surface area contributed by atoms with Crippen LogP contribution in [0.4, 0.5) is 14.5 Å². The monoisotopic (exact) mass is 343 g/mol. The summed E-state index contributed by atoms with van der Waals surface area (Å²) >= 11 is 1.13. The van der Waals surface area contributed by atoms with Gasteiger partial charge in [0.1, 0.15) is 16.9 Å². The Balaban J connectivity index is 1.90. The number of carbonyl (C=O) groups is 2. The maximum atomic E-state index is 13.5. The number of thioether (sulfide) groups is 1. The van der Waals surface area contributed by atoms with Gasteiger partial charge in [0.2, 0.25) is 11.8 Å². The van der Waals surface area contributed by atoms with Crippen LogP contribution in [0.2, 0.25) is 0 Å². The SMILES string of the molecule is COCCN=C1NC(=O)[C@H](CC(=O)Nc2ccc(F)cc2F)S1. The minimum Gasteiger partial charge on any atom is -0.383 e. The van der Waals surface area contributed by atoms with Gasteiger partial charge in [-0.2, -0.15) is 0 Å². The molecule has 124 valence electrons. The molecule has 1 saturated heterocycles. The fourth-order valence-corrected chi connectivity index (χ4v) is 2.81. The highest BCUT2D eigenvalue weighted by Gasteiger charge is 2.32. The van der Waals surface area contributed by atoms with Gasteiger partial charge >= 0.3 is 0 Å². The maximum absolute atomic E-state index is 13.5. The van der Waals surface area contributed by atoms with Crippen LogP contribution in [-0.4, -0.2) is 42.5 Å². The molecule has 1 atom stereocenters. The molecule has 0 radical (unpaired) electrons. The molecular formula is C14H15F2N3O3S. The molecule has 0 bridgehead atoms. The summed E-state index contributed by atoms with van der Waals surface area (Å²) in [6.07, 6.45) is -0.142. The number of carbonyl (C=O) groups excluding carboxylic acids is 2. The molecule has 0 saturated carbocycles. The molecular weight excluding hydrogens is 328 g/mol. The maximum Gasteiger partial charge on any atom is 0.240 e. The van der Waals surface area contributed by atoms with Crippen LogP contribution in [0.1, 0.15) is 6.42 Å². The van der Waals surface area contributed by atoms with Crippen LogP contribution in [0.3, 0.4) is 0 Å². The fourth-order valence-electron chi connectivity index (χ4n) is 1.81. The number of halogens is 2. The van der Waals surface area contributed by atoms with Gasteiger partial charge in [-0.15, -0.1) is 0 Å². The minimum atomic E-state index is -0.872. The van der Waals surface area contributed by atoms with Crippen molar-refractivity contribution in [2.75, 3.05) is 25.6 Å². The normalized spacial score (nSPS) is 19.0. The van der Waals surface area contributed by atoms with E-state index in [-0.39, 0.29) is 18.0 Å². The molecule has 2 amide bonds. The Bertz CT molecular complexity index is 640. The second-order valence-corrected chi connectivity index (χ2v) is 5.84. The highest BCUT2D eigenvalue weighted by Crippen LogP contribution is 2.23. The lowest BCUT2D eigenvalue weighted by molar-refractivity contribution is -0.122. The first-order valence-electron chi connectivity index (χ1n) is 6.75. The van der Waals surface area contributed by atoms with Gasteiger partial charge in [-0.25, -0.2) is 8.78 Å². The lowest BCUT2D eigenvalue weighted by Gasteiger charge is -2.08. The van der Waals surface area contributed by atoms with Crippen LogP contribution >= 0.6 is 11.8 Å². The lowest BCUT2D eigenvalue weighted by atomic mass is 10.2. The molecule has 6 nitrogen and oxygen atoms in total. The van der Waals surface area contributed by atoms with Gasteiger partial charge in [0, 0.05) is 19.6 Å². The van der Waals surface area contributed by atoms with E-state index in [0.29, 0.717) is 24.4 Å². The standard InChI is InChI=1S/C14H15F2N3O3S/c1-22-5-4-17-14-19-13(21)11(23-14)7-12(20)18-10-3-2-8(15)6-9(10)16/h2-3,6,11H,4-5,7H2,1H3,(H,18,20)(H,17,19,21)/t11-/m0/s1. The van der Waals surface area contributed by atoms with E-state index in [1.807, 2.05) is 0 Å². The second-order valence-electron chi connectivity index (χ2n) is 4.65. The molecule has 0 aromatic heterocycles. The third-order valence-electron chi connectivity index (χ3n) is 2.90. The Morgan fingerprint density at radius 3 is 2.96 bits per heavy atom. The van der Waals surface area contributed by atoms with E-state index in [9.17, 15) is 18.4 Å². The number of anilines is 1. The molecule has 1 aromatic carbocycles. The van der Waals surface area contributed by atoms with E-state index >= 15 is 0 Å². The van der Waals surface area contributed by atoms with Gasteiger partial charge in [-0.3, -0.25) is 14.6 Å². The molecule has 1 fully saturated rings. The summed E-state index contributed by atoms with van der Waals surface area (Å²) in [5.41, 5.74) is -0.131. The Morgan fingerprint density at radius 1 is 1.48 bits per heavy atom. The number of benzene rings is 1. The van der Waals surface area contributed by atoms with E-state index in [4.69, 9.17) is 4.74 Å². The van der Waals surface area contributed by atoms with Gasteiger partial charge < -0.3 is 15.4 Å². The number of methoxy groups -OCH3 is 1. The number of hydrogen-bond acceptors (Lipinski definition) is 5. The van der Waals surface area contributed by atoms with Crippen LogP contribution < -0.4 is 10.6 Å². The summed E-state index contributed by atoms with van der Waals surface area (Å²) in [7, 11) is 1.54. The lowest BCUT2D eigenvalue weighted by Crippen LogP contribution is -2.28. The number of nitrogens with zero attached hydrogens (tertiary/aromatic N) is 1. The zero-order valence-electron chi connectivity index (χ0n) is 12.3. The van der Waals surface area contributed by atoms with E-state index in [1.54, 1.807) is 7.11 Å². The first-order chi connectivity index (χ1) is 11.0. The van der Waals surface area contributed by atoms with Gasteiger partial charge in [0.05, 0.1) is 18.8 Å². The largest absolute Gasteiger partial charge is 0.383 e. The van der Waals surface area contributed by atoms with Crippen molar-refractivity contribution >= 4 is 34.4 Å². The smallest absolute Gasteiger partial charge is 0.240 e. The molecule has 1 aliphatic rings. The molecule has 23 heavy (non-hydrogen) atoms. The summed E-state index contributed by atoms with van der Waals surface area (Å²) < 4.78 is 31.1. The summed E-state index contributed by atoms with van der Waals surface area (Å²) in [6, 6.07) is 2.84. The van der Waals surface area contributed by atoms with Crippen LogP contribution in [0.5, 0.6) is 0 Å². The van der Waals surface area contributed by atoms with Crippen molar-refractivity contribution in [2.24, 2.45) is 4.99 Å². The Labute approximate surface area is 135 Å². The quantitative estimate of drug-likeness (QED) is 0.768.